The largest absolute Gasteiger partial charge is 0.394 e. The quantitative estimate of drug-likeness (QED) is 0.704. The lowest BCUT2D eigenvalue weighted by Gasteiger charge is -2.29. The number of nitrogens with one attached hydrogen (secondary N) is 1. The van der Waals surface area contributed by atoms with E-state index in [1.165, 1.54) is 6.07 Å². The van der Waals surface area contributed by atoms with Gasteiger partial charge < -0.3 is 15.5 Å². The summed E-state index contributed by atoms with van der Waals surface area (Å²) in [5.41, 5.74) is -0.314. The molecule has 0 saturated heterocycles. The van der Waals surface area contributed by atoms with Crippen molar-refractivity contribution in [2.45, 2.75) is 18.9 Å². The van der Waals surface area contributed by atoms with E-state index in [0.717, 1.165) is 0 Å². The van der Waals surface area contributed by atoms with Crippen molar-refractivity contribution in [2.75, 3.05) is 13.2 Å². The summed E-state index contributed by atoms with van der Waals surface area (Å²) in [4.78, 5) is 12.0. The number of hydrogen-bond donors (Lipinski definition) is 3. The van der Waals surface area contributed by atoms with E-state index in [2.05, 4.69) is 5.32 Å². The van der Waals surface area contributed by atoms with Crippen LogP contribution >= 0.6 is 0 Å². The Morgan fingerprint density at radius 1 is 1.44 bits per heavy atom. The van der Waals surface area contributed by atoms with Crippen molar-refractivity contribution >= 4 is 5.91 Å². The van der Waals surface area contributed by atoms with Crippen LogP contribution < -0.4 is 5.32 Å². The number of nitriles is 1. The smallest absolute Gasteiger partial charge is 0.251 e. The first-order chi connectivity index (χ1) is 8.60. The molecule has 0 saturated carbocycles. The molecule has 1 aromatic rings. The lowest BCUT2D eigenvalue weighted by Crippen LogP contribution is -2.53. The van der Waals surface area contributed by atoms with Crippen LogP contribution in [0.15, 0.2) is 24.3 Å². The van der Waals surface area contributed by atoms with Gasteiger partial charge in [-0.3, -0.25) is 4.79 Å². The molecule has 0 aliphatic heterocycles. The van der Waals surface area contributed by atoms with Crippen LogP contribution in [0, 0.1) is 11.3 Å². The fourth-order valence-corrected chi connectivity index (χ4v) is 1.48. The first-order valence-electron chi connectivity index (χ1n) is 5.65. The summed E-state index contributed by atoms with van der Waals surface area (Å²) in [7, 11) is 0. The lowest BCUT2D eigenvalue weighted by atomic mass is 9.97. The Morgan fingerprint density at radius 2 is 2.11 bits per heavy atom. The van der Waals surface area contributed by atoms with E-state index in [9.17, 15) is 15.0 Å². The SMILES string of the molecule is CCC(CO)(CO)NC(=O)c1cccc(C#N)c1. The highest BCUT2D eigenvalue weighted by molar-refractivity contribution is 5.95. The van der Waals surface area contributed by atoms with Crippen molar-refractivity contribution in [3.63, 3.8) is 0 Å². The van der Waals surface area contributed by atoms with Gasteiger partial charge in [0.1, 0.15) is 0 Å². The Balaban J connectivity index is 2.91. The average Bonchev–Trinajstić information content (AvgIpc) is 2.44. The maximum Gasteiger partial charge on any atom is 0.251 e. The Kier molecular flexibility index (Phi) is 4.84. The number of aliphatic hydroxyl groups is 2. The van der Waals surface area contributed by atoms with Crippen LogP contribution in [0.25, 0.3) is 0 Å². The topological polar surface area (TPSA) is 93.3 Å². The molecule has 3 N–H and O–H groups in total. The van der Waals surface area contributed by atoms with Gasteiger partial charge in [0.25, 0.3) is 5.91 Å². The molecule has 5 heteroatoms. The van der Waals surface area contributed by atoms with Gasteiger partial charge in [-0.15, -0.1) is 0 Å². The number of aliphatic hydroxyl groups excluding tert-OH is 2. The van der Waals surface area contributed by atoms with E-state index < -0.39 is 11.4 Å². The van der Waals surface area contributed by atoms with Gasteiger partial charge in [0.05, 0.1) is 30.4 Å². The molecule has 0 aromatic heterocycles. The van der Waals surface area contributed by atoms with E-state index in [4.69, 9.17) is 5.26 Å². The standard InChI is InChI=1S/C13H16N2O3/c1-2-13(8-16,9-17)15-12(18)11-5-3-4-10(6-11)7-14/h3-6,16-17H,2,8-9H2,1H3,(H,15,18). The van der Waals surface area contributed by atoms with Crippen molar-refractivity contribution in [1.29, 1.82) is 5.26 Å². The van der Waals surface area contributed by atoms with Crippen LogP contribution in [0.4, 0.5) is 0 Å². The first kappa shape index (κ1) is 14.2. The third kappa shape index (κ3) is 3.06. The minimum Gasteiger partial charge on any atom is -0.394 e. The molecule has 1 aromatic carbocycles. The minimum absolute atomic E-state index is 0.328. The van der Waals surface area contributed by atoms with E-state index >= 15 is 0 Å². The molecule has 0 aliphatic rings. The minimum atomic E-state index is -1.03. The van der Waals surface area contributed by atoms with Crippen molar-refractivity contribution in [3.8, 4) is 6.07 Å². The van der Waals surface area contributed by atoms with Gasteiger partial charge in [0, 0.05) is 5.56 Å². The Hall–Kier alpha value is -1.90. The van der Waals surface area contributed by atoms with E-state index in [1.807, 2.05) is 6.07 Å². The monoisotopic (exact) mass is 248 g/mol. The van der Waals surface area contributed by atoms with E-state index in [-0.39, 0.29) is 13.2 Å². The highest BCUT2D eigenvalue weighted by atomic mass is 16.3. The summed E-state index contributed by atoms with van der Waals surface area (Å²) < 4.78 is 0. The number of amides is 1. The molecule has 0 heterocycles. The van der Waals surface area contributed by atoms with Crippen LogP contribution in [-0.4, -0.2) is 34.9 Å². The molecular weight excluding hydrogens is 232 g/mol. The Labute approximate surface area is 106 Å². The van der Waals surface area contributed by atoms with Gasteiger partial charge in [-0.1, -0.05) is 13.0 Å². The molecule has 0 fully saturated rings. The summed E-state index contributed by atoms with van der Waals surface area (Å²) in [5, 5.41) is 29.8. The van der Waals surface area contributed by atoms with E-state index in [0.29, 0.717) is 17.5 Å². The maximum atomic E-state index is 12.0. The van der Waals surface area contributed by atoms with Crippen molar-refractivity contribution in [1.82, 2.24) is 5.32 Å². The molecule has 1 rings (SSSR count). The zero-order valence-electron chi connectivity index (χ0n) is 10.2. The van der Waals surface area contributed by atoms with Gasteiger partial charge in [0.15, 0.2) is 0 Å². The summed E-state index contributed by atoms with van der Waals surface area (Å²) in [5.74, 6) is -0.419. The molecule has 0 atom stereocenters. The first-order valence-corrected chi connectivity index (χ1v) is 5.65. The molecule has 0 unspecified atom stereocenters. The van der Waals surface area contributed by atoms with E-state index in [1.54, 1.807) is 25.1 Å². The second kappa shape index (κ2) is 6.15. The van der Waals surface area contributed by atoms with Crippen LogP contribution in [0.2, 0.25) is 0 Å². The van der Waals surface area contributed by atoms with Crippen LogP contribution in [0.3, 0.4) is 0 Å². The number of nitrogens with zero attached hydrogens (tertiary/aromatic N) is 1. The molecule has 0 radical (unpaired) electrons. The van der Waals surface area contributed by atoms with Crippen molar-refractivity contribution < 1.29 is 15.0 Å². The number of hydrogen-bond acceptors (Lipinski definition) is 4. The Morgan fingerprint density at radius 3 is 2.61 bits per heavy atom. The number of carbonyl (C=O) groups is 1. The third-order valence-corrected chi connectivity index (χ3v) is 2.91. The zero-order valence-corrected chi connectivity index (χ0v) is 10.2. The molecule has 5 nitrogen and oxygen atoms in total. The van der Waals surface area contributed by atoms with Crippen LogP contribution in [-0.2, 0) is 0 Å². The van der Waals surface area contributed by atoms with Gasteiger partial charge in [-0.2, -0.15) is 5.26 Å². The number of benzene rings is 1. The summed E-state index contributed by atoms with van der Waals surface area (Å²) in [6.07, 6.45) is 0.406. The number of rotatable bonds is 5. The molecule has 96 valence electrons. The number of carbonyl (C=O) groups excluding carboxylic acids is 1. The molecule has 0 spiro atoms. The summed E-state index contributed by atoms with van der Waals surface area (Å²) >= 11 is 0. The second-order valence-corrected chi connectivity index (χ2v) is 4.10. The van der Waals surface area contributed by atoms with Gasteiger partial charge in [-0.05, 0) is 24.6 Å². The Bertz CT molecular complexity index is 453. The van der Waals surface area contributed by atoms with Gasteiger partial charge in [-0.25, -0.2) is 0 Å². The van der Waals surface area contributed by atoms with Gasteiger partial charge >= 0.3 is 0 Å². The summed E-state index contributed by atoms with van der Waals surface area (Å²) in [6, 6.07) is 8.20. The van der Waals surface area contributed by atoms with Crippen LogP contribution in [0.5, 0.6) is 0 Å². The van der Waals surface area contributed by atoms with Crippen molar-refractivity contribution in [3.05, 3.63) is 35.4 Å². The van der Waals surface area contributed by atoms with Crippen LogP contribution in [0.1, 0.15) is 29.3 Å². The second-order valence-electron chi connectivity index (χ2n) is 4.10. The normalized spacial score (nSPS) is 10.8. The summed E-state index contributed by atoms with van der Waals surface area (Å²) in [6.45, 7) is 1.08. The predicted molar refractivity (Wildman–Crippen MR) is 65.8 cm³/mol. The fourth-order valence-electron chi connectivity index (χ4n) is 1.48. The highest BCUT2D eigenvalue weighted by Gasteiger charge is 2.28. The molecular formula is C13H16N2O3. The van der Waals surface area contributed by atoms with Gasteiger partial charge in [0.2, 0.25) is 0 Å². The average molecular weight is 248 g/mol. The lowest BCUT2D eigenvalue weighted by molar-refractivity contribution is 0.0653. The zero-order chi connectivity index (χ0) is 13.6. The maximum absolute atomic E-state index is 12.0. The molecule has 0 bridgehead atoms. The highest BCUT2D eigenvalue weighted by Crippen LogP contribution is 2.11. The fraction of sp³-hybridized carbons (Fsp3) is 0.385. The van der Waals surface area contributed by atoms with Crippen molar-refractivity contribution in [2.24, 2.45) is 0 Å². The molecule has 18 heavy (non-hydrogen) atoms. The third-order valence-electron chi connectivity index (χ3n) is 2.91. The predicted octanol–water partition coefficient (Wildman–Crippen LogP) is 0.421. The molecule has 0 aliphatic carbocycles. The molecule has 1 amide bonds.